The third-order valence-electron chi connectivity index (χ3n) is 6.99. The summed E-state index contributed by atoms with van der Waals surface area (Å²) < 4.78 is 32.3. The van der Waals surface area contributed by atoms with E-state index in [-0.39, 0.29) is 11.2 Å². The molecule has 40 heavy (non-hydrogen) atoms. The minimum absolute atomic E-state index is 0.174. The van der Waals surface area contributed by atoms with Gasteiger partial charge in [0.05, 0.1) is 11.4 Å². The highest BCUT2D eigenvalue weighted by Gasteiger charge is 2.23. The van der Waals surface area contributed by atoms with Crippen molar-refractivity contribution in [2.45, 2.75) is 73.2 Å². The average Bonchev–Trinajstić information content (AvgIpc) is 3.29. The van der Waals surface area contributed by atoms with Gasteiger partial charge in [-0.25, -0.2) is 4.98 Å². The van der Waals surface area contributed by atoms with Gasteiger partial charge in [0, 0.05) is 30.8 Å². The van der Waals surface area contributed by atoms with E-state index in [0.29, 0.717) is 6.54 Å². The van der Waals surface area contributed by atoms with Gasteiger partial charge >= 0.3 is 6.61 Å². The normalized spacial score (nSPS) is 11.9. The van der Waals surface area contributed by atoms with Gasteiger partial charge in [0.1, 0.15) is 11.6 Å². The Morgan fingerprint density at radius 2 is 1.48 bits per heavy atom. The molecule has 0 atom stereocenters. The predicted octanol–water partition coefficient (Wildman–Crippen LogP) is 9.06. The molecule has 4 rings (SSSR count). The van der Waals surface area contributed by atoms with E-state index in [1.165, 1.54) is 5.69 Å². The Morgan fingerprint density at radius 3 is 2.05 bits per heavy atom. The number of imidazole rings is 1. The number of rotatable bonds is 13. The van der Waals surface area contributed by atoms with Crippen molar-refractivity contribution in [3.8, 4) is 28.4 Å². The fourth-order valence-corrected chi connectivity index (χ4v) is 4.79. The Hall–Kier alpha value is -3.51. The minimum atomic E-state index is -2.83. The molecular weight excluding hydrogens is 504 g/mol. The molecule has 0 saturated heterocycles. The van der Waals surface area contributed by atoms with Gasteiger partial charge in [-0.1, -0.05) is 107 Å². The maximum Gasteiger partial charge on any atom is 0.387 e. The van der Waals surface area contributed by atoms with Crippen LogP contribution in [0.15, 0.2) is 84.9 Å². The zero-order valence-corrected chi connectivity index (χ0v) is 24.1. The molecule has 0 aliphatic carbocycles. The van der Waals surface area contributed by atoms with Crippen LogP contribution in [0.4, 0.5) is 8.78 Å². The topological polar surface area (TPSA) is 30.3 Å². The van der Waals surface area contributed by atoms with Crippen molar-refractivity contribution < 1.29 is 13.5 Å². The standard InChI is InChI=1S/C34H41F2N3O/c1-5-6-22-39-30(31(27-13-9-7-10-14-27)37-32(39)28-15-11-8-12-16-28)25-38(23-21-34(2,3)4)24-26-17-19-29(20-18-26)40-33(35)36/h7-20,33H,5-6,21-25H2,1-4H3. The first-order valence-corrected chi connectivity index (χ1v) is 14.2. The van der Waals surface area contributed by atoms with Crippen molar-refractivity contribution >= 4 is 0 Å². The minimum Gasteiger partial charge on any atom is -0.435 e. The number of halogens is 2. The summed E-state index contributed by atoms with van der Waals surface area (Å²) in [6.07, 6.45) is 3.17. The second kappa shape index (κ2) is 13.7. The first kappa shape index (κ1) is 29.5. The lowest BCUT2D eigenvalue weighted by Gasteiger charge is -2.28. The van der Waals surface area contributed by atoms with Crippen molar-refractivity contribution in [3.05, 3.63) is 96.2 Å². The molecule has 3 aromatic carbocycles. The number of nitrogens with zero attached hydrogens (tertiary/aromatic N) is 3. The molecule has 4 nitrogen and oxygen atoms in total. The van der Waals surface area contributed by atoms with Gasteiger partial charge in [0.25, 0.3) is 0 Å². The highest BCUT2D eigenvalue weighted by molar-refractivity contribution is 5.68. The Balaban J connectivity index is 1.75. The third-order valence-corrected chi connectivity index (χ3v) is 6.99. The molecule has 1 aromatic heterocycles. The summed E-state index contributed by atoms with van der Waals surface area (Å²) in [7, 11) is 0. The first-order chi connectivity index (χ1) is 19.2. The zero-order valence-electron chi connectivity index (χ0n) is 24.1. The van der Waals surface area contributed by atoms with Gasteiger partial charge in [0.2, 0.25) is 0 Å². The molecule has 0 aliphatic heterocycles. The summed E-state index contributed by atoms with van der Waals surface area (Å²) in [6.45, 7) is 9.37. The second-order valence-electron chi connectivity index (χ2n) is 11.5. The lowest BCUT2D eigenvalue weighted by molar-refractivity contribution is -0.0498. The predicted molar refractivity (Wildman–Crippen MR) is 159 cm³/mol. The second-order valence-corrected chi connectivity index (χ2v) is 11.5. The lowest BCUT2D eigenvalue weighted by Crippen LogP contribution is -2.28. The largest absolute Gasteiger partial charge is 0.435 e. The molecule has 0 radical (unpaired) electrons. The summed E-state index contributed by atoms with van der Waals surface area (Å²) in [5, 5.41) is 0. The SMILES string of the molecule is CCCCn1c(-c2ccccc2)nc(-c2ccccc2)c1CN(CCC(C)(C)C)Cc1ccc(OC(F)F)cc1. The first-order valence-electron chi connectivity index (χ1n) is 14.2. The van der Waals surface area contributed by atoms with Crippen LogP contribution < -0.4 is 4.74 Å². The van der Waals surface area contributed by atoms with Crippen molar-refractivity contribution in [1.29, 1.82) is 0 Å². The molecule has 0 bridgehead atoms. The van der Waals surface area contributed by atoms with E-state index in [0.717, 1.165) is 67.1 Å². The van der Waals surface area contributed by atoms with Crippen molar-refractivity contribution in [3.63, 3.8) is 0 Å². The van der Waals surface area contributed by atoms with E-state index >= 15 is 0 Å². The molecule has 0 unspecified atom stereocenters. The van der Waals surface area contributed by atoms with Gasteiger partial charge in [0.15, 0.2) is 0 Å². The molecule has 6 heteroatoms. The van der Waals surface area contributed by atoms with Crippen LogP contribution in [0.25, 0.3) is 22.6 Å². The molecule has 0 amide bonds. The quantitative estimate of drug-likeness (QED) is 0.168. The van der Waals surface area contributed by atoms with E-state index in [9.17, 15) is 8.78 Å². The average molecular weight is 546 g/mol. The summed E-state index contributed by atoms with van der Waals surface area (Å²) in [5.74, 6) is 1.17. The maximum absolute atomic E-state index is 12.7. The fraction of sp³-hybridized carbons (Fsp3) is 0.382. The van der Waals surface area contributed by atoms with Crippen LogP contribution in [0.1, 0.15) is 58.2 Å². The van der Waals surface area contributed by atoms with Crippen molar-refractivity contribution in [1.82, 2.24) is 14.5 Å². The van der Waals surface area contributed by atoms with Crippen LogP contribution in [0, 0.1) is 5.41 Å². The van der Waals surface area contributed by atoms with Crippen LogP contribution in [0.2, 0.25) is 0 Å². The van der Waals surface area contributed by atoms with E-state index in [2.05, 4.69) is 90.4 Å². The molecule has 0 N–H and O–H groups in total. The Kier molecular flexibility index (Phi) is 10.1. The number of aromatic nitrogens is 2. The lowest BCUT2D eigenvalue weighted by atomic mass is 9.92. The van der Waals surface area contributed by atoms with E-state index < -0.39 is 6.61 Å². The number of ether oxygens (including phenoxy) is 1. The van der Waals surface area contributed by atoms with E-state index in [1.807, 2.05) is 24.3 Å². The van der Waals surface area contributed by atoms with Crippen LogP contribution in [0.3, 0.4) is 0 Å². The summed E-state index contributed by atoms with van der Waals surface area (Å²) in [6, 6.07) is 27.8. The van der Waals surface area contributed by atoms with Crippen LogP contribution >= 0.6 is 0 Å². The van der Waals surface area contributed by atoms with Gasteiger partial charge in [-0.3, -0.25) is 4.90 Å². The van der Waals surface area contributed by atoms with Crippen molar-refractivity contribution in [2.24, 2.45) is 5.41 Å². The molecule has 1 heterocycles. The molecule has 0 aliphatic rings. The highest BCUT2D eigenvalue weighted by atomic mass is 19.3. The summed E-state index contributed by atoms with van der Waals surface area (Å²) in [4.78, 5) is 7.71. The highest BCUT2D eigenvalue weighted by Crippen LogP contribution is 2.32. The maximum atomic E-state index is 12.7. The van der Waals surface area contributed by atoms with E-state index in [1.54, 1.807) is 12.1 Å². The van der Waals surface area contributed by atoms with Crippen LogP contribution in [-0.4, -0.2) is 27.6 Å². The van der Waals surface area contributed by atoms with Gasteiger partial charge in [-0.2, -0.15) is 8.78 Å². The number of hydrogen-bond donors (Lipinski definition) is 0. The van der Waals surface area contributed by atoms with Crippen LogP contribution in [0.5, 0.6) is 5.75 Å². The van der Waals surface area contributed by atoms with Crippen molar-refractivity contribution in [2.75, 3.05) is 6.54 Å². The molecule has 212 valence electrons. The molecule has 0 fully saturated rings. The summed E-state index contributed by atoms with van der Waals surface area (Å²) in [5.41, 5.74) is 5.65. The molecular formula is C34H41F2N3O. The van der Waals surface area contributed by atoms with Gasteiger partial charge in [-0.15, -0.1) is 0 Å². The van der Waals surface area contributed by atoms with Gasteiger partial charge in [-0.05, 0) is 42.5 Å². The molecule has 4 aromatic rings. The number of hydrogen-bond acceptors (Lipinski definition) is 3. The number of benzene rings is 3. The smallest absolute Gasteiger partial charge is 0.387 e. The van der Waals surface area contributed by atoms with Gasteiger partial charge < -0.3 is 9.30 Å². The monoisotopic (exact) mass is 545 g/mol. The van der Waals surface area contributed by atoms with Crippen LogP contribution in [-0.2, 0) is 19.6 Å². The third kappa shape index (κ3) is 8.25. The Bertz CT molecular complexity index is 1310. The molecule has 0 saturated carbocycles. The zero-order chi connectivity index (χ0) is 28.5. The summed E-state index contributed by atoms with van der Waals surface area (Å²) >= 11 is 0. The number of unbranched alkanes of at least 4 members (excludes halogenated alkanes) is 1. The Morgan fingerprint density at radius 1 is 0.850 bits per heavy atom. The van der Waals surface area contributed by atoms with E-state index in [4.69, 9.17) is 4.98 Å². The fourth-order valence-electron chi connectivity index (χ4n) is 4.79. The molecule has 0 spiro atoms. The number of alkyl halides is 2. The Labute approximate surface area is 237 Å².